The van der Waals surface area contributed by atoms with Gasteiger partial charge in [-0.15, -0.1) is 0 Å². The molecule has 0 fully saturated rings. The lowest BCUT2D eigenvalue weighted by Gasteiger charge is -2.07. The molecule has 0 atom stereocenters. The zero-order valence-electron chi connectivity index (χ0n) is 15.7. The summed E-state index contributed by atoms with van der Waals surface area (Å²) < 4.78 is 13.8. The van der Waals surface area contributed by atoms with Crippen molar-refractivity contribution in [3.63, 3.8) is 0 Å². The van der Waals surface area contributed by atoms with Gasteiger partial charge in [-0.05, 0) is 73.6 Å². The number of hydrogen-bond acceptors (Lipinski definition) is 2. The number of hydrogen-bond donors (Lipinski definition) is 0. The normalized spacial score (nSPS) is 11.7. The van der Waals surface area contributed by atoms with Crippen LogP contribution in [0.15, 0.2) is 48.7 Å². The number of nitrogens with zero attached hydrogens (tertiary/aromatic N) is 2. The lowest BCUT2D eigenvalue weighted by molar-refractivity contribution is 0.609. The van der Waals surface area contributed by atoms with Crippen LogP contribution in [0.5, 0.6) is 0 Å². The van der Waals surface area contributed by atoms with Crippen LogP contribution in [0.3, 0.4) is 0 Å². The van der Waals surface area contributed by atoms with E-state index in [2.05, 4.69) is 37.9 Å². The smallest absolute Gasteiger partial charge is 0.127 e. The van der Waals surface area contributed by atoms with Crippen LogP contribution < -0.4 is 0 Å². The third-order valence-corrected chi connectivity index (χ3v) is 4.37. The minimum Gasteiger partial charge on any atom is -0.260 e. The summed E-state index contributed by atoms with van der Waals surface area (Å²) in [6, 6.07) is 8.77. The van der Waals surface area contributed by atoms with Crippen molar-refractivity contribution in [2.24, 2.45) is 0 Å². The van der Waals surface area contributed by atoms with Crippen molar-refractivity contribution < 1.29 is 4.39 Å². The van der Waals surface area contributed by atoms with Crippen molar-refractivity contribution in [2.75, 3.05) is 0 Å². The Labute approximate surface area is 155 Å². The fourth-order valence-electron chi connectivity index (χ4n) is 2.78. The van der Waals surface area contributed by atoms with Crippen LogP contribution in [0, 0.1) is 24.1 Å². The molecule has 0 saturated heterocycles. The van der Waals surface area contributed by atoms with E-state index in [1.807, 2.05) is 24.4 Å². The van der Waals surface area contributed by atoms with E-state index >= 15 is 0 Å². The van der Waals surface area contributed by atoms with Crippen molar-refractivity contribution in [3.05, 3.63) is 82.5 Å². The van der Waals surface area contributed by atoms with Gasteiger partial charge in [0.05, 0.1) is 11.6 Å². The van der Waals surface area contributed by atoms with Crippen molar-refractivity contribution in [1.82, 2.24) is 4.98 Å². The number of allylic oxidation sites excluding steroid dienone is 4. The van der Waals surface area contributed by atoms with Crippen LogP contribution >= 0.6 is 0 Å². The molecule has 0 aliphatic carbocycles. The third-order valence-electron chi connectivity index (χ3n) is 4.37. The average molecular weight is 348 g/mol. The van der Waals surface area contributed by atoms with Gasteiger partial charge in [0.2, 0.25) is 0 Å². The van der Waals surface area contributed by atoms with Crippen LogP contribution in [0.25, 0.3) is 5.57 Å². The summed E-state index contributed by atoms with van der Waals surface area (Å²) in [7, 11) is 0. The van der Waals surface area contributed by atoms with Gasteiger partial charge in [-0.2, -0.15) is 5.26 Å². The van der Waals surface area contributed by atoms with E-state index in [0.29, 0.717) is 17.5 Å². The van der Waals surface area contributed by atoms with Gasteiger partial charge in [0.1, 0.15) is 5.82 Å². The third kappa shape index (κ3) is 5.39. The molecule has 2 nitrogen and oxygen atoms in total. The van der Waals surface area contributed by atoms with Crippen LogP contribution in [0.2, 0.25) is 0 Å². The maximum Gasteiger partial charge on any atom is 0.127 e. The molecular weight excluding hydrogens is 323 g/mol. The highest BCUT2D eigenvalue weighted by atomic mass is 19.1. The maximum atomic E-state index is 13.8. The number of aryl methyl sites for hydroxylation is 3. The summed E-state index contributed by atoms with van der Waals surface area (Å²) in [4.78, 5) is 4.57. The van der Waals surface area contributed by atoms with Gasteiger partial charge >= 0.3 is 0 Å². The molecule has 0 saturated carbocycles. The Morgan fingerprint density at radius 3 is 2.73 bits per heavy atom. The first kappa shape index (κ1) is 19.6. The number of benzene rings is 1. The number of rotatable bonds is 7. The molecule has 2 aromatic rings. The molecule has 0 unspecified atom stereocenters. The number of aromatic nitrogens is 1. The summed E-state index contributed by atoms with van der Waals surface area (Å²) in [6.45, 7) is 6.34. The molecule has 1 heterocycles. The molecule has 0 aliphatic rings. The predicted octanol–water partition coefficient (Wildman–Crippen LogP) is 5.95. The first-order valence-electron chi connectivity index (χ1n) is 9.03. The summed E-state index contributed by atoms with van der Waals surface area (Å²) in [6.07, 6.45) is 11.5. The second kappa shape index (κ2) is 9.68. The largest absolute Gasteiger partial charge is 0.260 e. The van der Waals surface area contributed by atoms with Crippen molar-refractivity contribution >= 4 is 5.57 Å². The Bertz CT molecular complexity index is 857. The summed E-state index contributed by atoms with van der Waals surface area (Å²) in [5.74, 6) is -0.308. The van der Waals surface area contributed by atoms with Gasteiger partial charge in [0.15, 0.2) is 0 Å². The quantitative estimate of drug-likeness (QED) is 0.580. The van der Waals surface area contributed by atoms with E-state index in [0.717, 1.165) is 30.4 Å². The number of pyridine rings is 1. The summed E-state index contributed by atoms with van der Waals surface area (Å²) in [5, 5.41) is 8.77. The Balaban J connectivity index is 1.94. The molecule has 0 spiro atoms. The highest BCUT2D eigenvalue weighted by molar-refractivity contribution is 5.65. The fourth-order valence-corrected chi connectivity index (χ4v) is 2.78. The zero-order chi connectivity index (χ0) is 18.9. The standard InChI is InChI=1S/C23H25FN2/c1-4-8-23-18(3)13-21(16-26-23)17(2)9-6-5-7-10-20-12-11-19(15-25)14-22(20)24/h5-6,9,11-14,16H,4,7-8,10H2,1-3H3/b6-5-,17-9+. The minimum absolute atomic E-state index is 0.308. The van der Waals surface area contributed by atoms with Crippen LogP contribution in [0.1, 0.15) is 54.6 Å². The van der Waals surface area contributed by atoms with Gasteiger partial charge in [0, 0.05) is 11.9 Å². The first-order chi connectivity index (χ1) is 12.5. The number of nitriles is 1. The summed E-state index contributed by atoms with van der Waals surface area (Å²) >= 11 is 0. The fraction of sp³-hybridized carbons (Fsp3) is 0.304. The van der Waals surface area contributed by atoms with Crippen molar-refractivity contribution in [2.45, 2.75) is 46.5 Å². The Kier molecular flexibility index (Phi) is 7.29. The second-order valence-corrected chi connectivity index (χ2v) is 6.47. The molecule has 0 N–H and O–H groups in total. The molecule has 0 aliphatic heterocycles. The Morgan fingerprint density at radius 2 is 2.08 bits per heavy atom. The molecule has 1 aromatic heterocycles. The van der Waals surface area contributed by atoms with E-state index in [1.54, 1.807) is 12.1 Å². The molecule has 1 aromatic carbocycles. The van der Waals surface area contributed by atoms with E-state index in [4.69, 9.17) is 5.26 Å². The average Bonchev–Trinajstić information content (AvgIpc) is 2.64. The molecule has 2 rings (SSSR count). The molecule has 134 valence electrons. The van der Waals surface area contributed by atoms with Crippen LogP contribution in [-0.4, -0.2) is 4.98 Å². The second-order valence-electron chi connectivity index (χ2n) is 6.47. The molecule has 3 heteroatoms. The van der Waals surface area contributed by atoms with Gasteiger partial charge in [-0.3, -0.25) is 4.98 Å². The summed E-state index contributed by atoms with van der Waals surface area (Å²) in [5.41, 5.74) is 5.69. The predicted molar refractivity (Wildman–Crippen MR) is 105 cm³/mol. The number of halogens is 1. The van der Waals surface area contributed by atoms with E-state index in [1.165, 1.54) is 17.3 Å². The van der Waals surface area contributed by atoms with Crippen molar-refractivity contribution in [3.8, 4) is 6.07 Å². The highest BCUT2D eigenvalue weighted by Gasteiger charge is 2.03. The Morgan fingerprint density at radius 1 is 1.27 bits per heavy atom. The topological polar surface area (TPSA) is 36.7 Å². The van der Waals surface area contributed by atoms with Crippen molar-refractivity contribution in [1.29, 1.82) is 5.26 Å². The molecule has 26 heavy (non-hydrogen) atoms. The van der Waals surface area contributed by atoms with E-state index in [-0.39, 0.29) is 5.82 Å². The monoisotopic (exact) mass is 348 g/mol. The lowest BCUT2D eigenvalue weighted by Crippen LogP contribution is -1.95. The van der Waals surface area contributed by atoms with E-state index < -0.39 is 0 Å². The molecule has 0 amide bonds. The lowest BCUT2D eigenvalue weighted by atomic mass is 10.0. The van der Waals surface area contributed by atoms with E-state index in [9.17, 15) is 4.39 Å². The first-order valence-corrected chi connectivity index (χ1v) is 9.03. The van der Waals surface area contributed by atoms with Crippen LogP contribution in [0.4, 0.5) is 4.39 Å². The molecular formula is C23H25FN2. The SMILES string of the molecule is CCCc1ncc(/C(C)=C/C=C\CCc2ccc(C#N)cc2F)cc1C. The van der Waals surface area contributed by atoms with Gasteiger partial charge in [-0.1, -0.05) is 37.6 Å². The zero-order valence-corrected chi connectivity index (χ0v) is 15.7. The molecule has 0 bridgehead atoms. The Hall–Kier alpha value is -2.73. The van der Waals surface area contributed by atoms with Gasteiger partial charge in [-0.25, -0.2) is 4.39 Å². The molecule has 0 radical (unpaired) electrons. The van der Waals surface area contributed by atoms with Gasteiger partial charge < -0.3 is 0 Å². The minimum atomic E-state index is -0.308. The highest BCUT2D eigenvalue weighted by Crippen LogP contribution is 2.17. The van der Waals surface area contributed by atoms with Crippen LogP contribution in [-0.2, 0) is 12.8 Å². The van der Waals surface area contributed by atoms with Gasteiger partial charge in [0.25, 0.3) is 0 Å². The maximum absolute atomic E-state index is 13.8.